The van der Waals surface area contributed by atoms with Gasteiger partial charge in [-0.2, -0.15) is 0 Å². The summed E-state index contributed by atoms with van der Waals surface area (Å²) in [5.41, 5.74) is 3.23. The number of hydrogen-bond acceptors (Lipinski definition) is 4. The molecule has 0 saturated carbocycles. The molecule has 0 saturated heterocycles. The third kappa shape index (κ3) is 4.60. The molecule has 0 fully saturated rings. The van der Waals surface area contributed by atoms with Crippen LogP contribution < -0.4 is 5.32 Å². The molecular weight excluding hydrogens is 384 g/mol. The topological polar surface area (TPSA) is 82.5 Å². The molecule has 3 rings (SSSR count). The highest BCUT2D eigenvalue weighted by Gasteiger charge is 2.17. The van der Waals surface area contributed by atoms with E-state index in [0.29, 0.717) is 20.5 Å². The van der Waals surface area contributed by atoms with Gasteiger partial charge in [-0.3, -0.25) is 0 Å². The van der Waals surface area contributed by atoms with Crippen molar-refractivity contribution in [2.24, 2.45) is 0 Å². The second-order valence-corrected chi connectivity index (χ2v) is 7.04. The summed E-state index contributed by atoms with van der Waals surface area (Å²) < 4.78 is 0. The molecule has 2 aromatic carbocycles. The highest BCUT2D eigenvalue weighted by molar-refractivity contribution is 7.99. The van der Waals surface area contributed by atoms with Crippen LogP contribution in [0.25, 0.3) is 11.1 Å². The Labute approximate surface area is 166 Å². The molecule has 1 aromatic heterocycles. The van der Waals surface area contributed by atoms with E-state index in [1.807, 2.05) is 42.5 Å². The molecule has 0 aliphatic heterocycles. The SMILES string of the molecule is O=C(O)NCc1ccc(-c2ccccc2)c(Cl)c1Sc1ncccc1CO. The van der Waals surface area contributed by atoms with E-state index in [0.717, 1.165) is 16.7 Å². The number of benzene rings is 2. The number of pyridine rings is 1. The molecule has 3 N–H and O–H groups in total. The van der Waals surface area contributed by atoms with E-state index >= 15 is 0 Å². The van der Waals surface area contributed by atoms with Crippen LogP contribution in [0.3, 0.4) is 0 Å². The van der Waals surface area contributed by atoms with E-state index in [1.165, 1.54) is 11.8 Å². The quantitative estimate of drug-likeness (QED) is 0.553. The molecule has 1 heterocycles. The Morgan fingerprint density at radius 1 is 1.07 bits per heavy atom. The standard InChI is InChI=1S/C20H17ClN2O3S/c21-17-16(13-5-2-1-3-6-13)9-8-14(11-23-20(25)26)18(17)27-19-15(12-24)7-4-10-22-19/h1-10,23-24H,11-12H2,(H,25,26). The van der Waals surface area contributed by atoms with Gasteiger partial charge in [0.2, 0.25) is 0 Å². The van der Waals surface area contributed by atoms with Crippen LogP contribution in [0, 0.1) is 0 Å². The van der Waals surface area contributed by atoms with Crippen molar-refractivity contribution in [2.45, 2.75) is 23.1 Å². The number of halogens is 1. The van der Waals surface area contributed by atoms with Gasteiger partial charge in [0.05, 0.1) is 11.6 Å². The number of aliphatic hydroxyl groups is 1. The van der Waals surface area contributed by atoms with E-state index in [2.05, 4.69) is 10.3 Å². The highest BCUT2D eigenvalue weighted by atomic mass is 35.5. The molecule has 1 amide bonds. The van der Waals surface area contributed by atoms with E-state index in [9.17, 15) is 9.90 Å². The number of carboxylic acid groups (broad SMARTS) is 1. The van der Waals surface area contributed by atoms with Crippen molar-refractivity contribution in [1.82, 2.24) is 10.3 Å². The summed E-state index contributed by atoms with van der Waals surface area (Å²) in [6, 6.07) is 17.0. The highest BCUT2D eigenvalue weighted by Crippen LogP contribution is 2.41. The monoisotopic (exact) mass is 400 g/mol. The van der Waals surface area contributed by atoms with Crippen molar-refractivity contribution in [3.63, 3.8) is 0 Å². The summed E-state index contributed by atoms with van der Waals surface area (Å²) in [5, 5.41) is 22.0. The lowest BCUT2D eigenvalue weighted by Crippen LogP contribution is -2.20. The van der Waals surface area contributed by atoms with Crippen LogP contribution in [0.4, 0.5) is 4.79 Å². The molecule has 0 radical (unpaired) electrons. The zero-order chi connectivity index (χ0) is 19.2. The van der Waals surface area contributed by atoms with Gasteiger partial charge in [0, 0.05) is 28.8 Å². The van der Waals surface area contributed by atoms with Gasteiger partial charge in [-0.15, -0.1) is 0 Å². The Morgan fingerprint density at radius 2 is 1.85 bits per heavy atom. The summed E-state index contributed by atoms with van der Waals surface area (Å²) in [5.74, 6) is 0. The van der Waals surface area contributed by atoms with Crippen molar-refractivity contribution < 1.29 is 15.0 Å². The number of aromatic nitrogens is 1. The van der Waals surface area contributed by atoms with Crippen LogP contribution in [0.15, 0.2) is 70.7 Å². The third-order valence-corrected chi connectivity index (χ3v) is 5.65. The number of aliphatic hydroxyl groups excluding tert-OH is 1. The van der Waals surface area contributed by atoms with Crippen LogP contribution in [0.2, 0.25) is 5.02 Å². The van der Waals surface area contributed by atoms with Crippen molar-refractivity contribution in [1.29, 1.82) is 0 Å². The predicted molar refractivity (Wildman–Crippen MR) is 106 cm³/mol. The molecule has 0 bridgehead atoms. The molecule has 0 spiro atoms. The fourth-order valence-electron chi connectivity index (χ4n) is 2.59. The molecular formula is C20H17ClN2O3S. The van der Waals surface area contributed by atoms with Crippen molar-refractivity contribution in [2.75, 3.05) is 0 Å². The molecule has 0 aliphatic carbocycles. The lowest BCUT2D eigenvalue weighted by Gasteiger charge is -2.16. The van der Waals surface area contributed by atoms with E-state index in [4.69, 9.17) is 16.7 Å². The summed E-state index contributed by atoms with van der Waals surface area (Å²) in [6.07, 6.45) is 0.536. The van der Waals surface area contributed by atoms with Crippen LogP contribution in [-0.4, -0.2) is 21.3 Å². The molecule has 138 valence electrons. The summed E-state index contributed by atoms with van der Waals surface area (Å²) in [4.78, 5) is 16.0. The minimum absolute atomic E-state index is 0.119. The molecule has 3 aromatic rings. The van der Waals surface area contributed by atoms with Crippen molar-refractivity contribution >= 4 is 29.5 Å². The van der Waals surface area contributed by atoms with Gasteiger partial charge in [-0.25, -0.2) is 9.78 Å². The maximum absolute atomic E-state index is 10.9. The van der Waals surface area contributed by atoms with Gasteiger partial charge < -0.3 is 15.5 Å². The van der Waals surface area contributed by atoms with E-state index in [-0.39, 0.29) is 13.2 Å². The number of carbonyl (C=O) groups is 1. The molecule has 0 aliphatic rings. The van der Waals surface area contributed by atoms with Crippen molar-refractivity contribution in [3.05, 3.63) is 76.9 Å². The van der Waals surface area contributed by atoms with Crippen LogP contribution in [0.5, 0.6) is 0 Å². The molecule has 7 heteroatoms. The average molecular weight is 401 g/mol. The molecule has 0 atom stereocenters. The first-order valence-electron chi connectivity index (χ1n) is 8.16. The molecule has 0 unspecified atom stereocenters. The predicted octanol–water partition coefficient (Wildman–Crippen LogP) is 4.81. The maximum atomic E-state index is 10.9. The van der Waals surface area contributed by atoms with Gasteiger partial charge in [-0.1, -0.05) is 71.9 Å². The van der Waals surface area contributed by atoms with Gasteiger partial charge >= 0.3 is 6.09 Å². The first-order chi connectivity index (χ1) is 13.1. The number of rotatable bonds is 6. The number of nitrogens with one attached hydrogen (secondary N) is 1. The Morgan fingerprint density at radius 3 is 2.56 bits per heavy atom. The first-order valence-corrected chi connectivity index (χ1v) is 9.35. The first kappa shape index (κ1) is 19.2. The molecule has 5 nitrogen and oxygen atoms in total. The van der Waals surface area contributed by atoms with E-state index < -0.39 is 6.09 Å². The summed E-state index contributed by atoms with van der Waals surface area (Å²) >= 11 is 8.04. The Hall–Kier alpha value is -2.54. The smallest absolute Gasteiger partial charge is 0.404 e. The zero-order valence-corrected chi connectivity index (χ0v) is 15.8. The van der Waals surface area contributed by atoms with Gasteiger partial charge in [0.1, 0.15) is 5.03 Å². The Balaban J connectivity index is 2.07. The average Bonchev–Trinajstić information content (AvgIpc) is 2.69. The minimum atomic E-state index is -1.11. The fraction of sp³-hybridized carbons (Fsp3) is 0.100. The maximum Gasteiger partial charge on any atom is 0.404 e. The van der Waals surface area contributed by atoms with Crippen LogP contribution in [0.1, 0.15) is 11.1 Å². The number of amides is 1. The van der Waals surface area contributed by atoms with Gasteiger partial charge in [0.15, 0.2) is 0 Å². The second kappa shape index (κ2) is 8.90. The zero-order valence-electron chi connectivity index (χ0n) is 14.2. The van der Waals surface area contributed by atoms with Gasteiger partial charge in [-0.05, 0) is 17.2 Å². The molecule has 27 heavy (non-hydrogen) atoms. The minimum Gasteiger partial charge on any atom is -0.465 e. The summed E-state index contributed by atoms with van der Waals surface area (Å²) in [6.45, 7) is -0.0252. The second-order valence-electron chi connectivity index (χ2n) is 5.67. The van der Waals surface area contributed by atoms with E-state index in [1.54, 1.807) is 18.3 Å². The Kier molecular flexibility index (Phi) is 6.34. The Bertz CT molecular complexity index is 951. The lowest BCUT2D eigenvalue weighted by molar-refractivity contribution is 0.194. The van der Waals surface area contributed by atoms with Crippen LogP contribution in [-0.2, 0) is 13.2 Å². The third-order valence-electron chi connectivity index (χ3n) is 3.91. The summed E-state index contributed by atoms with van der Waals surface area (Å²) in [7, 11) is 0. The lowest BCUT2D eigenvalue weighted by atomic mass is 10.0. The number of nitrogens with zero attached hydrogens (tertiary/aromatic N) is 1. The number of hydrogen-bond donors (Lipinski definition) is 3. The van der Waals surface area contributed by atoms with Crippen LogP contribution >= 0.6 is 23.4 Å². The fourth-order valence-corrected chi connectivity index (χ4v) is 4.04. The normalized spacial score (nSPS) is 10.6. The van der Waals surface area contributed by atoms with Crippen molar-refractivity contribution in [3.8, 4) is 11.1 Å². The van der Waals surface area contributed by atoms with Gasteiger partial charge in [0.25, 0.3) is 0 Å². The largest absolute Gasteiger partial charge is 0.465 e.